The molecule has 0 atom stereocenters. The summed E-state index contributed by atoms with van der Waals surface area (Å²) in [5.74, 6) is -2.46. The first-order valence-electron chi connectivity index (χ1n) is 5.78. The van der Waals surface area contributed by atoms with Gasteiger partial charge in [0.15, 0.2) is 0 Å². The number of carboxylic acid groups (broad SMARTS) is 1. The van der Waals surface area contributed by atoms with E-state index in [1.54, 1.807) is 13.0 Å². The van der Waals surface area contributed by atoms with Crippen molar-refractivity contribution in [1.29, 1.82) is 0 Å². The van der Waals surface area contributed by atoms with E-state index >= 15 is 0 Å². The van der Waals surface area contributed by atoms with E-state index in [9.17, 15) is 17.6 Å². The zero-order valence-corrected chi connectivity index (χ0v) is 11.7. The highest BCUT2D eigenvalue weighted by atomic mass is 32.2. The first kappa shape index (κ1) is 14.9. The molecular weight excluding hydrogens is 299 g/mol. The van der Waals surface area contributed by atoms with Crippen LogP contribution < -0.4 is 4.72 Å². The quantitative estimate of drug-likeness (QED) is 0.900. The highest BCUT2D eigenvalue weighted by molar-refractivity contribution is 7.92. The van der Waals surface area contributed by atoms with Gasteiger partial charge >= 0.3 is 5.97 Å². The molecule has 0 aliphatic rings. The standard InChI is InChI=1S/C13H11FN2O4S/c1-8-2-5-12(15-7-8)16-21(19,20)9-3-4-11(14)10(6-9)13(17)18/h2-7H,1H3,(H,15,16)(H,17,18). The summed E-state index contributed by atoms with van der Waals surface area (Å²) in [5, 5.41) is 8.81. The summed E-state index contributed by atoms with van der Waals surface area (Å²) in [7, 11) is -4.04. The molecule has 0 fully saturated rings. The number of sulfonamides is 1. The van der Waals surface area contributed by atoms with E-state index < -0.39 is 27.4 Å². The van der Waals surface area contributed by atoms with Crippen molar-refractivity contribution in [2.75, 3.05) is 4.72 Å². The Morgan fingerprint density at radius 1 is 1.29 bits per heavy atom. The maximum Gasteiger partial charge on any atom is 0.338 e. The molecule has 2 rings (SSSR count). The second-order valence-electron chi connectivity index (χ2n) is 4.27. The van der Waals surface area contributed by atoms with Crippen molar-refractivity contribution < 1.29 is 22.7 Å². The Morgan fingerprint density at radius 3 is 2.57 bits per heavy atom. The maximum atomic E-state index is 13.3. The molecule has 1 aromatic heterocycles. The van der Waals surface area contributed by atoms with Crippen molar-refractivity contribution >= 4 is 21.8 Å². The summed E-state index contributed by atoms with van der Waals surface area (Å²) in [5.41, 5.74) is 0.141. The molecule has 2 aromatic rings. The normalized spacial score (nSPS) is 11.1. The zero-order chi connectivity index (χ0) is 15.6. The van der Waals surface area contributed by atoms with Crippen LogP contribution in [-0.2, 0) is 10.0 Å². The molecule has 6 nitrogen and oxygen atoms in total. The average Bonchev–Trinajstić information content (AvgIpc) is 2.41. The van der Waals surface area contributed by atoms with Crippen molar-refractivity contribution in [3.05, 3.63) is 53.5 Å². The molecule has 0 spiro atoms. The second kappa shape index (κ2) is 5.49. The van der Waals surface area contributed by atoms with Crippen molar-refractivity contribution in [3.63, 3.8) is 0 Å². The smallest absolute Gasteiger partial charge is 0.338 e. The Kier molecular flexibility index (Phi) is 3.90. The number of nitrogens with zero attached hydrogens (tertiary/aromatic N) is 1. The largest absolute Gasteiger partial charge is 0.478 e. The molecule has 0 radical (unpaired) electrons. The van der Waals surface area contributed by atoms with E-state index in [0.29, 0.717) is 0 Å². The number of carbonyl (C=O) groups is 1. The van der Waals surface area contributed by atoms with Gasteiger partial charge in [0.2, 0.25) is 0 Å². The van der Waals surface area contributed by atoms with Gasteiger partial charge in [-0.25, -0.2) is 22.6 Å². The van der Waals surface area contributed by atoms with Gasteiger partial charge in [-0.15, -0.1) is 0 Å². The lowest BCUT2D eigenvalue weighted by Crippen LogP contribution is -2.15. The number of rotatable bonds is 4. The molecule has 21 heavy (non-hydrogen) atoms. The number of anilines is 1. The lowest BCUT2D eigenvalue weighted by atomic mass is 10.2. The molecule has 0 aliphatic heterocycles. The maximum absolute atomic E-state index is 13.3. The van der Waals surface area contributed by atoms with Crippen LogP contribution in [0.3, 0.4) is 0 Å². The fourth-order valence-corrected chi connectivity index (χ4v) is 2.59. The number of aryl methyl sites for hydroxylation is 1. The van der Waals surface area contributed by atoms with E-state index in [1.165, 1.54) is 12.3 Å². The molecular formula is C13H11FN2O4S. The summed E-state index contributed by atoms with van der Waals surface area (Å²) in [4.78, 5) is 14.4. The van der Waals surface area contributed by atoms with Crippen molar-refractivity contribution in [2.45, 2.75) is 11.8 Å². The molecule has 0 amide bonds. The number of carboxylic acids is 1. The predicted molar refractivity (Wildman–Crippen MR) is 73.1 cm³/mol. The van der Waals surface area contributed by atoms with Gasteiger partial charge in [-0.3, -0.25) is 4.72 Å². The number of nitrogens with one attached hydrogen (secondary N) is 1. The Labute approximate surface area is 120 Å². The molecule has 8 heteroatoms. The number of pyridine rings is 1. The Bertz CT molecular complexity index is 788. The summed E-state index contributed by atoms with van der Waals surface area (Å²) in [6, 6.07) is 5.67. The fraction of sp³-hybridized carbons (Fsp3) is 0.0769. The van der Waals surface area contributed by atoms with Crippen LogP contribution in [0, 0.1) is 12.7 Å². The van der Waals surface area contributed by atoms with Gasteiger partial charge in [0.05, 0.1) is 10.5 Å². The van der Waals surface area contributed by atoms with Crippen LogP contribution in [0.15, 0.2) is 41.4 Å². The van der Waals surface area contributed by atoms with Crippen molar-refractivity contribution in [3.8, 4) is 0 Å². The van der Waals surface area contributed by atoms with E-state index in [0.717, 1.165) is 23.8 Å². The summed E-state index contributed by atoms with van der Waals surface area (Å²) < 4.78 is 39.7. The molecule has 110 valence electrons. The first-order valence-corrected chi connectivity index (χ1v) is 7.26. The predicted octanol–water partition coefficient (Wildman–Crippen LogP) is 2.03. The molecule has 0 unspecified atom stereocenters. The van der Waals surface area contributed by atoms with Crippen LogP contribution in [0.5, 0.6) is 0 Å². The van der Waals surface area contributed by atoms with E-state index in [4.69, 9.17) is 5.11 Å². The molecule has 0 saturated carbocycles. The Hall–Kier alpha value is -2.48. The van der Waals surface area contributed by atoms with Crippen LogP contribution in [0.25, 0.3) is 0 Å². The molecule has 1 heterocycles. The monoisotopic (exact) mass is 310 g/mol. The van der Waals surface area contributed by atoms with Crippen LogP contribution in [0.1, 0.15) is 15.9 Å². The average molecular weight is 310 g/mol. The van der Waals surface area contributed by atoms with Gasteiger partial charge in [0.25, 0.3) is 10.0 Å². The third-order valence-electron chi connectivity index (χ3n) is 2.63. The lowest BCUT2D eigenvalue weighted by Gasteiger charge is -2.08. The molecule has 0 bridgehead atoms. The van der Waals surface area contributed by atoms with Gasteiger partial charge in [-0.05, 0) is 36.8 Å². The minimum absolute atomic E-state index is 0.0850. The number of aromatic carboxylic acids is 1. The number of hydrogen-bond acceptors (Lipinski definition) is 4. The van der Waals surface area contributed by atoms with Gasteiger partial charge in [-0.2, -0.15) is 0 Å². The third-order valence-corrected chi connectivity index (χ3v) is 3.98. The number of benzene rings is 1. The summed E-state index contributed by atoms with van der Waals surface area (Å²) >= 11 is 0. The zero-order valence-electron chi connectivity index (χ0n) is 10.9. The lowest BCUT2D eigenvalue weighted by molar-refractivity contribution is 0.0691. The van der Waals surface area contributed by atoms with Crippen LogP contribution in [-0.4, -0.2) is 24.5 Å². The molecule has 2 N–H and O–H groups in total. The number of halogens is 1. The van der Waals surface area contributed by atoms with Gasteiger partial charge in [0, 0.05) is 6.20 Å². The summed E-state index contributed by atoms with van der Waals surface area (Å²) in [6.07, 6.45) is 1.48. The van der Waals surface area contributed by atoms with Crippen LogP contribution >= 0.6 is 0 Å². The Morgan fingerprint density at radius 2 is 2.00 bits per heavy atom. The molecule has 1 aromatic carbocycles. The van der Waals surface area contributed by atoms with Gasteiger partial charge < -0.3 is 5.11 Å². The third kappa shape index (κ3) is 3.34. The van der Waals surface area contributed by atoms with E-state index in [-0.39, 0.29) is 10.7 Å². The first-order chi connectivity index (χ1) is 9.79. The minimum atomic E-state index is -4.04. The van der Waals surface area contributed by atoms with E-state index in [1.807, 2.05) is 0 Å². The second-order valence-corrected chi connectivity index (χ2v) is 5.96. The fourth-order valence-electron chi connectivity index (χ4n) is 1.56. The molecule has 0 saturated heterocycles. The Balaban J connectivity index is 2.38. The minimum Gasteiger partial charge on any atom is -0.478 e. The number of hydrogen-bond donors (Lipinski definition) is 2. The highest BCUT2D eigenvalue weighted by Gasteiger charge is 2.19. The van der Waals surface area contributed by atoms with Crippen molar-refractivity contribution in [1.82, 2.24) is 4.98 Å². The topological polar surface area (TPSA) is 96.4 Å². The SMILES string of the molecule is Cc1ccc(NS(=O)(=O)c2ccc(F)c(C(=O)O)c2)nc1. The van der Waals surface area contributed by atoms with E-state index in [2.05, 4.69) is 9.71 Å². The highest BCUT2D eigenvalue weighted by Crippen LogP contribution is 2.18. The van der Waals surface area contributed by atoms with Crippen LogP contribution in [0.4, 0.5) is 10.2 Å². The van der Waals surface area contributed by atoms with Crippen LogP contribution in [0.2, 0.25) is 0 Å². The van der Waals surface area contributed by atoms with Gasteiger partial charge in [-0.1, -0.05) is 6.07 Å². The van der Waals surface area contributed by atoms with Gasteiger partial charge in [0.1, 0.15) is 11.6 Å². The summed E-state index contributed by atoms with van der Waals surface area (Å²) in [6.45, 7) is 1.80. The molecule has 0 aliphatic carbocycles. The van der Waals surface area contributed by atoms with Crippen molar-refractivity contribution in [2.24, 2.45) is 0 Å². The number of aromatic nitrogens is 1.